The topological polar surface area (TPSA) is 85.0 Å². The summed E-state index contributed by atoms with van der Waals surface area (Å²) < 4.78 is 17.1. The number of aromatic nitrogens is 4. The second kappa shape index (κ2) is 14.5. The SMILES string of the molecule is CCC(c1cnc[nH]1)C(CCOCCC(c1ccc(OC)cc1)C(CC)c1cnc[nH]1)c1ccc(OC)cc1. The highest BCUT2D eigenvalue weighted by Crippen LogP contribution is 2.39. The molecule has 0 amide bonds. The summed E-state index contributed by atoms with van der Waals surface area (Å²) in [6.07, 6.45) is 11.3. The summed E-state index contributed by atoms with van der Waals surface area (Å²) >= 11 is 0. The average Bonchev–Trinajstić information content (AvgIpc) is 3.72. The van der Waals surface area contributed by atoms with Crippen LogP contribution in [0.5, 0.6) is 11.5 Å². The van der Waals surface area contributed by atoms with Crippen molar-refractivity contribution in [2.45, 2.75) is 63.2 Å². The normalized spacial score (nSPS) is 14.5. The highest BCUT2D eigenvalue weighted by Gasteiger charge is 2.26. The Morgan fingerprint density at radius 3 is 1.33 bits per heavy atom. The van der Waals surface area contributed by atoms with Crippen molar-refractivity contribution in [3.05, 3.63) is 96.1 Å². The third-order valence-corrected chi connectivity index (χ3v) is 7.92. The molecule has 4 atom stereocenters. The van der Waals surface area contributed by atoms with Gasteiger partial charge < -0.3 is 24.2 Å². The van der Waals surface area contributed by atoms with Gasteiger partial charge in [0, 0.05) is 48.8 Å². The molecule has 0 spiro atoms. The van der Waals surface area contributed by atoms with Crippen molar-refractivity contribution < 1.29 is 14.2 Å². The van der Waals surface area contributed by atoms with Gasteiger partial charge in [-0.2, -0.15) is 0 Å². The van der Waals surface area contributed by atoms with Gasteiger partial charge in [0.25, 0.3) is 0 Å². The first kappa shape index (κ1) is 28.4. The first-order valence-corrected chi connectivity index (χ1v) is 14.0. The molecule has 39 heavy (non-hydrogen) atoms. The predicted molar refractivity (Wildman–Crippen MR) is 155 cm³/mol. The number of hydrogen-bond acceptors (Lipinski definition) is 5. The smallest absolute Gasteiger partial charge is 0.118 e. The predicted octanol–water partition coefficient (Wildman–Crippen LogP) is 7.20. The van der Waals surface area contributed by atoms with Crippen LogP contribution in [0.1, 0.15) is 85.7 Å². The summed E-state index contributed by atoms with van der Waals surface area (Å²) in [5, 5.41) is 0. The lowest BCUT2D eigenvalue weighted by Crippen LogP contribution is -2.16. The van der Waals surface area contributed by atoms with Gasteiger partial charge in [0.15, 0.2) is 0 Å². The number of nitrogens with one attached hydrogen (secondary N) is 2. The number of ether oxygens (including phenoxy) is 3. The molecule has 0 bridgehead atoms. The van der Waals surface area contributed by atoms with Crippen LogP contribution in [-0.4, -0.2) is 47.4 Å². The van der Waals surface area contributed by atoms with Gasteiger partial charge >= 0.3 is 0 Å². The van der Waals surface area contributed by atoms with Crippen LogP contribution in [-0.2, 0) is 4.74 Å². The molecule has 0 aliphatic carbocycles. The highest BCUT2D eigenvalue weighted by atomic mass is 16.5. The third kappa shape index (κ3) is 7.30. The van der Waals surface area contributed by atoms with E-state index in [2.05, 4.69) is 58.0 Å². The lowest BCUT2D eigenvalue weighted by atomic mass is 9.80. The maximum absolute atomic E-state index is 6.35. The maximum atomic E-state index is 6.35. The van der Waals surface area contributed by atoms with E-state index >= 15 is 0 Å². The van der Waals surface area contributed by atoms with Gasteiger partial charge in [-0.25, -0.2) is 9.97 Å². The number of aromatic amines is 2. The second-order valence-corrected chi connectivity index (χ2v) is 9.99. The summed E-state index contributed by atoms with van der Waals surface area (Å²) in [5.41, 5.74) is 4.93. The summed E-state index contributed by atoms with van der Waals surface area (Å²) in [6.45, 7) is 5.86. The number of rotatable bonds is 16. The summed E-state index contributed by atoms with van der Waals surface area (Å²) in [6, 6.07) is 16.9. The van der Waals surface area contributed by atoms with E-state index in [1.54, 1.807) is 26.9 Å². The minimum absolute atomic E-state index is 0.312. The fourth-order valence-corrected chi connectivity index (χ4v) is 5.81. The molecule has 2 aromatic carbocycles. The quantitative estimate of drug-likeness (QED) is 0.150. The molecule has 2 aromatic heterocycles. The standard InChI is InChI=1S/C32H42N4O3/c1-5-27(31-19-33-21-35-31)29(23-7-11-25(37-3)12-8-23)15-17-39-18-16-30(24-9-13-26(38-4)14-10-24)28(6-2)32-20-34-22-36-32/h7-14,19-22,27-30H,5-6,15-18H2,1-4H3,(H,33,35)(H,34,36). The Morgan fingerprint density at radius 2 is 1.03 bits per heavy atom. The van der Waals surface area contributed by atoms with Gasteiger partial charge in [0.1, 0.15) is 11.5 Å². The highest BCUT2D eigenvalue weighted by molar-refractivity contribution is 5.32. The van der Waals surface area contributed by atoms with E-state index in [0.717, 1.165) is 37.2 Å². The summed E-state index contributed by atoms with van der Waals surface area (Å²) in [7, 11) is 3.41. The van der Waals surface area contributed by atoms with Gasteiger partial charge in [-0.3, -0.25) is 0 Å². The molecule has 0 saturated heterocycles. The van der Waals surface area contributed by atoms with Gasteiger partial charge in [-0.15, -0.1) is 0 Å². The Labute approximate surface area is 232 Å². The van der Waals surface area contributed by atoms with Gasteiger partial charge in [0.05, 0.1) is 26.9 Å². The number of imidazole rings is 2. The molecule has 2 heterocycles. The zero-order valence-corrected chi connectivity index (χ0v) is 23.6. The first-order valence-electron chi connectivity index (χ1n) is 14.0. The van der Waals surface area contributed by atoms with E-state index < -0.39 is 0 Å². The fraction of sp³-hybridized carbons (Fsp3) is 0.438. The molecule has 0 radical (unpaired) electrons. The lowest BCUT2D eigenvalue weighted by molar-refractivity contribution is 0.115. The molecule has 4 rings (SSSR count). The van der Waals surface area contributed by atoms with Crippen molar-refractivity contribution in [1.82, 2.24) is 19.9 Å². The van der Waals surface area contributed by atoms with E-state index in [1.807, 2.05) is 36.7 Å². The molecular weight excluding hydrogens is 488 g/mol. The van der Waals surface area contributed by atoms with Crippen LogP contribution >= 0.6 is 0 Å². The van der Waals surface area contributed by atoms with Crippen molar-refractivity contribution in [3.8, 4) is 11.5 Å². The Balaban J connectivity index is 1.44. The van der Waals surface area contributed by atoms with Crippen LogP contribution in [0.2, 0.25) is 0 Å². The molecule has 4 unspecified atom stereocenters. The number of methoxy groups -OCH3 is 2. The molecule has 208 valence electrons. The van der Waals surface area contributed by atoms with E-state index in [0.29, 0.717) is 36.9 Å². The molecular formula is C32H42N4O3. The van der Waals surface area contributed by atoms with E-state index in [1.165, 1.54) is 22.5 Å². The Morgan fingerprint density at radius 1 is 0.615 bits per heavy atom. The minimum atomic E-state index is 0.312. The van der Waals surface area contributed by atoms with Gasteiger partial charge in [0.2, 0.25) is 0 Å². The maximum Gasteiger partial charge on any atom is 0.118 e. The summed E-state index contributed by atoms with van der Waals surface area (Å²) in [5.74, 6) is 3.04. The Bertz CT molecular complexity index is 1100. The molecule has 7 heteroatoms. The van der Waals surface area contributed by atoms with Crippen LogP contribution in [0.3, 0.4) is 0 Å². The molecule has 0 fully saturated rings. The number of hydrogen-bond donors (Lipinski definition) is 2. The first-order chi connectivity index (χ1) is 19.2. The van der Waals surface area contributed by atoms with Crippen LogP contribution in [0, 0.1) is 0 Å². The molecule has 0 aliphatic heterocycles. The minimum Gasteiger partial charge on any atom is -0.497 e. The van der Waals surface area contributed by atoms with Crippen molar-refractivity contribution in [2.75, 3.05) is 27.4 Å². The number of benzene rings is 2. The molecule has 0 saturated carbocycles. The van der Waals surface area contributed by atoms with E-state index in [9.17, 15) is 0 Å². The molecule has 7 nitrogen and oxygen atoms in total. The largest absolute Gasteiger partial charge is 0.497 e. The van der Waals surface area contributed by atoms with Crippen molar-refractivity contribution in [3.63, 3.8) is 0 Å². The van der Waals surface area contributed by atoms with E-state index in [-0.39, 0.29) is 0 Å². The van der Waals surface area contributed by atoms with Gasteiger partial charge in [-0.05, 0) is 72.9 Å². The van der Waals surface area contributed by atoms with Gasteiger partial charge in [-0.1, -0.05) is 38.1 Å². The van der Waals surface area contributed by atoms with E-state index in [4.69, 9.17) is 14.2 Å². The average molecular weight is 531 g/mol. The lowest BCUT2D eigenvalue weighted by Gasteiger charge is -2.27. The number of H-pyrrole nitrogens is 2. The van der Waals surface area contributed by atoms with Crippen LogP contribution in [0.4, 0.5) is 0 Å². The monoisotopic (exact) mass is 530 g/mol. The fourth-order valence-electron chi connectivity index (χ4n) is 5.81. The number of nitrogens with zero attached hydrogens (tertiary/aromatic N) is 2. The van der Waals surface area contributed by atoms with Crippen LogP contribution < -0.4 is 9.47 Å². The van der Waals surface area contributed by atoms with Crippen LogP contribution in [0.25, 0.3) is 0 Å². The Kier molecular flexibility index (Phi) is 10.6. The van der Waals surface area contributed by atoms with Crippen molar-refractivity contribution in [1.29, 1.82) is 0 Å². The third-order valence-electron chi connectivity index (χ3n) is 7.92. The van der Waals surface area contributed by atoms with Crippen LogP contribution in [0.15, 0.2) is 73.6 Å². The molecule has 2 N–H and O–H groups in total. The molecule has 4 aromatic rings. The molecule has 0 aliphatic rings. The van der Waals surface area contributed by atoms with Crippen molar-refractivity contribution >= 4 is 0 Å². The Hall–Kier alpha value is -3.58. The van der Waals surface area contributed by atoms with Crippen molar-refractivity contribution in [2.24, 2.45) is 0 Å². The summed E-state index contributed by atoms with van der Waals surface area (Å²) in [4.78, 5) is 15.3. The second-order valence-electron chi connectivity index (χ2n) is 9.99. The zero-order chi connectivity index (χ0) is 27.5. The zero-order valence-electron chi connectivity index (χ0n) is 23.6.